The Morgan fingerprint density at radius 2 is 1.85 bits per heavy atom. The highest BCUT2D eigenvalue weighted by molar-refractivity contribution is 7.92. The highest BCUT2D eigenvalue weighted by atomic mass is 35.5. The molecular formula is C19H21ClN2O4S. The summed E-state index contributed by atoms with van der Waals surface area (Å²) in [4.78, 5) is 12.3. The van der Waals surface area contributed by atoms with E-state index in [2.05, 4.69) is 10.0 Å². The molecule has 0 spiro atoms. The fourth-order valence-corrected chi connectivity index (χ4v) is 4.31. The molecule has 0 heterocycles. The lowest BCUT2D eigenvalue weighted by Gasteiger charge is -2.14. The van der Waals surface area contributed by atoms with E-state index in [0.29, 0.717) is 17.4 Å². The Morgan fingerprint density at radius 3 is 2.44 bits per heavy atom. The molecule has 1 aliphatic carbocycles. The van der Waals surface area contributed by atoms with E-state index in [1.54, 1.807) is 24.3 Å². The number of ether oxygens (including phenoxy) is 1. The number of sulfonamides is 1. The summed E-state index contributed by atoms with van der Waals surface area (Å²) in [5.41, 5.74) is 0.617. The summed E-state index contributed by atoms with van der Waals surface area (Å²) in [6.45, 7) is 1.95. The quantitative estimate of drug-likeness (QED) is 0.731. The maximum atomic E-state index is 12.7. The number of hydrogen-bond donors (Lipinski definition) is 2. The van der Waals surface area contributed by atoms with Gasteiger partial charge < -0.3 is 10.1 Å². The van der Waals surface area contributed by atoms with Crippen molar-refractivity contribution in [1.82, 2.24) is 5.32 Å². The molecule has 8 heteroatoms. The van der Waals surface area contributed by atoms with Crippen LogP contribution in [0.1, 0.15) is 30.1 Å². The predicted molar refractivity (Wildman–Crippen MR) is 105 cm³/mol. The van der Waals surface area contributed by atoms with Crippen LogP contribution >= 0.6 is 11.6 Å². The minimum absolute atomic E-state index is 0.0443. The van der Waals surface area contributed by atoms with E-state index in [-0.39, 0.29) is 27.4 Å². The summed E-state index contributed by atoms with van der Waals surface area (Å²) >= 11 is 6.09. The van der Waals surface area contributed by atoms with Gasteiger partial charge in [-0.05, 0) is 68.1 Å². The zero-order valence-electron chi connectivity index (χ0n) is 15.0. The summed E-state index contributed by atoms with van der Waals surface area (Å²) in [5, 5.41) is 2.95. The summed E-state index contributed by atoms with van der Waals surface area (Å²) in [6.07, 6.45) is 2.21. The van der Waals surface area contributed by atoms with E-state index in [9.17, 15) is 13.2 Å². The number of nitrogens with one attached hydrogen (secondary N) is 2. The van der Waals surface area contributed by atoms with Crippen molar-refractivity contribution < 1.29 is 17.9 Å². The van der Waals surface area contributed by atoms with Gasteiger partial charge in [-0.2, -0.15) is 0 Å². The van der Waals surface area contributed by atoms with Crippen molar-refractivity contribution in [2.24, 2.45) is 5.92 Å². The fourth-order valence-electron chi connectivity index (χ4n) is 2.72. The summed E-state index contributed by atoms with van der Waals surface area (Å²) in [6, 6.07) is 10.7. The van der Waals surface area contributed by atoms with E-state index < -0.39 is 10.0 Å². The zero-order chi connectivity index (χ0) is 19.6. The molecule has 1 fully saturated rings. The molecule has 144 valence electrons. The van der Waals surface area contributed by atoms with Crippen molar-refractivity contribution in [2.45, 2.75) is 30.7 Å². The third kappa shape index (κ3) is 4.73. The van der Waals surface area contributed by atoms with Gasteiger partial charge in [0.05, 0.1) is 12.1 Å². The van der Waals surface area contributed by atoms with E-state index in [1.807, 2.05) is 6.92 Å². The number of amides is 1. The predicted octanol–water partition coefficient (Wildman–Crippen LogP) is 3.68. The lowest BCUT2D eigenvalue weighted by atomic mass is 10.1. The average Bonchev–Trinajstić information content (AvgIpc) is 3.47. The van der Waals surface area contributed by atoms with Gasteiger partial charge in [0.25, 0.3) is 15.9 Å². The Balaban J connectivity index is 1.81. The van der Waals surface area contributed by atoms with E-state index >= 15 is 0 Å². The Morgan fingerprint density at radius 1 is 1.19 bits per heavy atom. The highest BCUT2D eigenvalue weighted by Gasteiger charge is 2.29. The molecule has 27 heavy (non-hydrogen) atoms. The second kappa shape index (κ2) is 7.78. The molecule has 0 bridgehead atoms. The lowest BCUT2D eigenvalue weighted by molar-refractivity contribution is 0.0935. The fraction of sp³-hybridized carbons (Fsp3) is 0.316. The number of rotatable bonds is 7. The molecule has 0 aromatic heterocycles. The van der Waals surface area contributed by atoms with E-state index in [4.69, 9.17) is 16.3 Å². The summed E-state index contributed by atoms with van der Waals surface area (Å²) < 4.78 is 33.0. The Bertz CT molecular complexity index is 941. The van der Waals surface area contributed by atoms with Crippen LogP contribution in [0.15, 0.2) is 47.4 Å². The van der Waals surface area contributed by atoms with Crippen LogP contribution in [0.4, 0.5) is 5.69 Å². The first-order chi connectivity index (χ1) is 12.8. The monoisotopic (exact) mass is 408 g/mol. The SMILES string of the molecule is COc1ccc(NS(=O)(=O)c2cc(C(=O)N[C@H](C)C3CC3)ccc2Cl)cc1. The minimum atomic E-state index is -3.95. The molecular weight excluding hydrogens is 388 g/mol. The smallest absolute Gasteiger partial charge is 0.263 e. The second-order valence-corrected chi connectivity index (χ2v) is 8.64. The molecule has 2 aromatic carbocycles. The van der Waals surface area contributed by atoms with Crippen molar-refractivity contribution in [3.8, 4) is 5.75 Å². The van der Waals surface area contributed by atoms with Crippen LogP contribution in [0.2, 0.25) is 5.02 Å². The van der Waals surface area contributed by atoms with Crippen molar-refractivity contribution >= 4 is 33.2 Å². The number of hydrogen-bond acceptors (Lipinski definition) is 4. The topological polar surface area (TPSA) is 84.5 Å². The number of carbonyl (C=O) groups is 1. The summed E-state index contributed by atoms with van der Waals surface area (Å²) in [7, 11) is -2.43. The molecule has 2 N–H and O–H groups in total. The molecule has 1 saturated carbocycles. The first-order valence-electron chi connectivity index (χ1n) is 8.57. The number of anilines is 1. The van der Waals surface area contributed by atoms with E-state index in [1.165, 1.54) is 25.3 Å². The molecule has 2 aromatic rings. The number of halogens is 1. The molecule has 0 unspecified atom stereocenters. The van der Waals surface area contributed by atoms with Gasteiger partial charge in [-0.25, -0.2) is 8.42 Å². The second-order valence-electron chi connectivity index (χ2n) is 6.58. The normalized spacial score (nSPS) is 15.1. The van der Waals surface area contributed by atoms with Gasteiger partial charge >= 0.3 is 0 Å². The van der Waals surface area contributed by atoms with Gasteiger partial charge in [0, 0.05) is 17.3 Å². The number of methoxy groups -OCH3 is 1. The van der Waals surface area contributed by atoms with Crippen LogP contribution in [0.3, 0.4) is 0 Å². The standard InChI is InChI=1S/C19H21ClN2O4S/c1-12(13-3-4-13)21-19(23)14-5-10-17(20)18(11-14)27(24,25)22-15-6-8-16(26-2)9-7-15/h5-13,22H,3-4H2,1-2H3,(H,21,23)/t12-/m1/s1. The summed E-state index contributed by atoms with van der Waals surface area (Å²) in [5.74, 6) is 0.799. The van der Waals surface area contributed by atoms with Crippen LogP contribution in [-0.2, 0) is 10.0 Å². The van der Waals surface area contributed by atoms with Crippen molar-refractivity contribution in [1.29, 1.82) is 0 Å². The maximum absolute atomic E-state index is 12.7. The van der Waals surface area contributed by atoms with E-state index in [0.717, 1.165) is 12.8 Å². The van der Waals surface area contributed by atoms with Gasteiger partial charge in [0.2, 0.25) is 0 Å². The van der Waals surface area contributed by atoms with Crippen LogP contribution < -0.4 is 14.8 Å². The van der Waals surface area contributed by atoms with Crippen molar-refractivity contribution in [3.63, 3.8) is 0 Å². The van der Waals surface area contributed by atoms with Crippen LogP contribution in [-0.4, -0.2) is 27.5 Å². The van der Waals surface area contributed by atoms with Crippen LogP contribution in [0.25, 0.3) is 0 Å². The van der Waals surface area contributed by atoms with Gasteiger partial charge in [0.1, 0.15) is 10.6 Å². The van der Waals surface area contributed by atoms with Gasteiger partial charge in [-0.1, -0.05) is 11.6 Å². The van der Waals surface area contributed by atoms with Gasteiger partial charge in [0.15, 0.2) is 0 Å². The molecule has 1 amide bonds. The third-order valence-electron chi connectivity index (χ3n) is 4.51. The Kier molecular flexibility index (Phi) is 5.62. The molecule has 3 rings (SSSR count). The Hall–Kier alpha value is -2.25. The van der Waals surface area contributed by atoms with Gasteiger partial charge in [-0.3, -0.25) is 9.52 Å². The Labute approximate surface area is 163 Å². The van der Waals surface area contributed by atoms with Crippen LogP contribution in [0.5, 0.6) is 5.75 Å². The van der Waals surface area contributed by atoms with Crippen molar-refractivity contribution in [3.05, 3.63) is 53.1 Å². The molecule has 1 atom stereocenters. The molecule has 0 aliphatic heterocycles. The number of carbonyl (C=O) groups excluding carboxylic acids is 1. The van der Waals surface area contributed by atoms with Crippen molar-refractivity contribution in [2.75, 3.05) is 11.8 Å². The zero-order valence-corrected chi connectivity index (χ0v) is 16.6. The maximum Gasteiger partial charge on any atom is 0.263 e. The molecule has 6 nitrogen and oxygen atoms in total. The third-order valence-corrected chi connectivity index (χ3v) is 6.38. The lowest BCUT2D eigenvalue weighted by Crippen LogP contribution is -2.34. The average molecular weight is 409 g/mol. The molecule has 1 aliphatic rings. The molecule has 0 saturated heterocycles. The van der Waals surface area contributed by atoms with Crippen LogP contribution in [0, 0.1) is 5.92 Å². The first-order valence-corrected chi connectivity index (χ1v) is 10.4. The highest BCUT2D eigenvalue weighted by Crippen LogP contribution is 2.32. The minimum Gasteiger partial charge on any atom is -0.497 e. The number of benzene rings is 2. The first kappa shape index (κ1) is 19.5. The van der Waals surface area contributed by atoms with Gasteiger partial charge in [-0.15, -0.1) is 0 Å². The molecule has 0 radical (unpaired) electrons. The largest absolute Gasteiger partial charge is 0.497 e.